The number of carbonyl (C=O) groups is 1. The summed E-state index contributed by atoms with van der Waals surface area (Å²) in [5, 5.41) is 5.93. The van der Waals surface area contributed by atoms with Crippen molar-refractivity contribution in [2.75, 3.05) is 10.6 Å². The lowest BCUT2D eigenvalue weighted by Gasteiger charge is -2.13. The van der Waals surface area contributed by atoms with E-state index in [0.717, 1.165) is 11.3 Å². The number of amides is 1. The maximum atomic E-state index is 12.7. The quantitative estimate of drug-likeness (QED) is 0.594. The molecule has 2 N–H and O–H groups in total. The third-order valence-electron chi connectivity index (χ3n) is 4.86. The Labute approximate surface area is 187 Å². The number of carbonyl (C=O) groups excluding carboxylic acids is 1. The highest BCUT2D eigenvalue weighted by Crippen LogP contribution is 2.27. The Bertz CT molecular complexity index is 1310. The van der Waals surface area contributed by atoms with E-state index in [-0.39, 0.29) is 22.7 Å². The van der Waals surface area contributed by atoms with E-state index < -0.39 is 10.0 Å². The van der Waals surface area contributed by atoms with Crippen LogP contribution < -0.4 is 15.4 Å². The number of anilines is 2. The van der Waals surface area contributed by atoms with E-state index in [4.69, 9.17) is 4.74 Å². The van der Waals surface area contributed by atoms with Gasteiger partial charge in [-0.15, -0.1) is 4.40 Å². The van der Waals surface area contributed by atoms with Gasteiger partial charge in [-0.25, -0.2) is 0 Å². The van der Waals surface area contributed by atoms with Crippen LogP contribution in [0.2, 0.25) is 0 Å². The molecular weight excluding hydrogens is 426 g/mol. The van der Waals surface area contributed by atoms with Crippen molar-refractivity contribution in [3.05, 3.63) is 83.4 Å². The van der Waals surface area contributed by atoms with E-state index in [0.29, 0.717) is 22.5 Å². The van der Waals surface area contributed by atoms with Crippen molar-refractivity contribution in [3.63, 3.8) is 0 Å². The summed E-state index contributed by atoms with van der Waals surface area (Å²) in [6.07, 6.45) is 0.0748. The monoisotopic (exact) mass is 449 g/mol. The van der Waals surface area contributed by atoms with Crippen LogP contribution in [-0.4, -0.2) is 26.3 Å². The lowest BCUT2D eigenvalue weighted by Crippen LogP contribution is -2.14. The van der Waals surface area contributed by atoms with Gasteiger partial charge >= 0.3 is 0 Å². The van der Waals surface area contributed by atoms with Crippen molar-refractivity contribution in [3.8, 4) is 5.75 Å². The molecule has 0 saturated heterocycles. The Kier molecular flexibility index (Phi) is 5.71. The minimum Gasteiger partial charge on any atom is -0.491 e. The zero-order valence-electron chi connectivity index (χ0n) is 17.9. The second kappa shape index (κ2) is 8.47. The van der Waals surface area contributed by atoms with Crippen LogP contribution in [0.5, 0.6) is 5.75 Å². The molecule has 1 amide bonds. The Morgan fingerprint density at radius 2 is 1.72 bits per heavy atom. The summed E-state index contributed by atoms with van der Waals surface area (Å²) in [4.78, 5) is 12.8. The average molecular weight is 450 g/mol. The molecule has 3 aromatic carbocycles. The van der Waals surface area contributed by atoms with Crippen LogP contribution in [0.15, 0.2) is 76.0 Å². The molecule has 0 unspecified atom stereocenters. The second-order valence-electron chi connectivity index (χ2n) is 7.71. The molecule has 0 atom stereocenters. The first-order chi connectivity index (χ1) is 15.2. The van der Waals surface area contributed by atoms with Gasteiger partial charge in [0.25, 0.3) is 15.9 Å². The molecule has 1 aliphatic heterocycles. The first-order valence-corrected chi connectivity index (χ1v) is 11.6. The normalized spacial score (nSPS) is 13.9. The van der Waals surface area contributed by atoms with E-state index in [1.54, 1.807) is 42.5 Å². The van der Waals surface area contributed by atoms with Gasteiger partial charge in [0.05, 0.1) is 6.10 Å². The molecule has 7 nitrogen and oxygen atoms in total. The van der Waals surface area contributed by atoms with Crippen LogP contribution in [0, 0.1) is 6.92 Å². The number of aryl methyl sites for hydroxylation is 1. The highest BCUT2D eigenvalue weighted by molar-refractivity contribution is 7.90. The number of rotatable bonds is 5. The topological polar surface area (TPSA) is 96.9 Å². The smallest absolute Gasteiger partial charge is 0.285 e. The number of ether oxygens (including phenoxy) is 1. The van der Waals surface area contributed by atoms with E-state index in [9.17, 15) is 13.2 Å². The first-order valence-electron chi connectivity index (χ1n) is 10.1. The molecule has 0 spiro atoms. The van der Waals surface area contributed by atoms with Gasteiger partial charge in [-0.2, -0.15) is 8.42 Å². The zero-order chi connectivity index (χ0) is 22.9. The van der Waals surface area contributed by atoms with E-state index in [1.807, 2.05) is 39.0 Å². The van der Waals surface area contributed by atoms with Crippen LogP contribution in [0.3, 0.4) is 0 Å². The van der Waals surface area contributed by atoms with Crippen LogP contribution in [-0.2, 0) is 10.0 Å². The minimum atomic E-state index is -3.69. The summed E-state index contributed by atoms with van der Waals surface area (Å²) < 4.78 is 33.9. The van der Waals surface area contributed by atoms with Gasteiger partial charge in [0, 0.05) is 22.5 Å². The Hall–Kier alpha value is -3.65. The summed E-state index contributed by atoms with van der Waals surface area (Å²) >= 11 is 0. The minimum absolute atomic E-state index is 0.0748. The molecule has 3 aromatic rings. The van der Waals surface area contributed by atoms with Crippen LogP contribution in [0.4, 0.5) is 11.4 Å². The number of sulfonamides is 1. The highest BCUT2D eigenvalue weighted by atomic mass is 32.2. The molecule has 164 valence electrons. The summed E-state index contributed by atoms with van der Waals surface area (Å²) in [6, 6.07) is 18.9. The van der Waals surface area contributed by atoms with Crippen molar-refractivity contribution in [2.24, 2.45) is 4.40 Å². The standard InChI is InChI=1S/C24H23N3O4S/c1-15(2)31-19-12-13-21(16(3)14-19)26-24(28)17-8-10-18(11-9-17)25-23-20-6-4-5-7-22(20)32(29,30)27-23/h4-15H,1-3H3,(H,25,27)(H,26,28). The molecular formula is C24H23N3O4S. The number of hydrogen-bond donors (Lipinski definition) is 2. The van der Waals surface area contributed by atoms with Crippen LogP contribution >= 0.6 is 0 Å². The predicted molar refractivity (Wildman–Crippen MR) is 125 cm³/mol. The van der Waals surface area contributed by atoms with Gasteiger partial charge in [-0.3, -0.25) is 4.79 Å². The molecule has 1 heterocycles. The van der Waals surface area contributed by atoms with Gasteiger partial charge in [-0.05, 0) is 80.9 Å². The number of hydrogen-bond acceptors (Lipinski definition) is 5. The van der Waals surface area contributed by atoms with Gasteiger partial charge in [-0.1, -0.05) is 12.1 Å². The fraction of sp³-hybridized carbons (Fsp3) is 0.167. The highest BCUT2D eigenvalue weighted by Gasteiger charge is 2.28. The van der Waals surface area contributed by atoms with E-state index in [1.165, 1.54) is 6.07 Å². The van der Waals surface area contributed by atoms with Crippen LogP contribution in [0.1, 0.15) is 35.3 Å². The third kappa shape index (κ3) is 4.50. The maximum absolute atomic E-state index is 12.7. The molecule has 1 aliphatic rings. The lowest BCUT2D eigenvalue weighted by atomic mass is 10.1. The van der Waals surface area contributed by atoms with Crippen LogP contribution in [0.25, 0.3) is 0 Å². The predicted octanol–water partition coefficient (Wildman–Crippen LogP) is 4.60. The number of nitrogens with one attached hydrogen (secondary N) is 2. The van der Waals surface area contributed by atoms with Gasteiger partial charge < -0.3 is 15.4 Å². The number of amidine groups is 1. The Balaban J connectivity index is 1.46. The molecule has 8 heteroatoms. The van der Waals surface area contributed by atoms with Gasteiger partial charge in [0.15, 0.2) is 5.84 Å². The van der Waals surface area contributed by atoms with Crippen molar-refractivity contribution in [1.82, 2.24) is 0 Å². The van der Waals surface area contributed by atoms with Crippen molar-refractivity contribution in [1.29, 1.82) is 0 Å². The van der Waals surface area contributed by atoms with Gasteiger partial charge in [0.1, 0.15) is 10.6 Å². The maximum Gasteiger partial charge on any atom is 0.285 e. The number of benzene rings is 3. The van der Waals surface area contributed by atoms with Gasteiger partial charge in [0.2, 0.25) is 0 Å². The largest absolute Gasteiger partial charge is 0.491 e. The molecule has 4 rings (SSSR count). The van der Waals surface area contributed by atoms with E-state index >= 15 is 0 Å². The molecule has 0 aliphatic carbocycles. The molecule has 0 bridgehead atoms. The van der Waals surface area contributed by atoms with Crippen molar-refractivity contribution < 1.29 is 17.9 Å². The number of fused-ring (bicyclic) bond motifs is 1. The molecule has 0 aromatic heterocycles. The van der Waals surface area contributed by atoms with Crippen molar-refractivity contribution >= 4 is 33.1 Å². The fourth-order valence-electron chi connectivity index (χ4n) is 3.35. The summed E-state index contributed by atoms with van der Waals surface area (Å²) in [7, 11) is -3.69. The molecule has 0 fully saturated rings. The summed E-state index contributed by atoms with van der Waals surface area (Å²) in [5.74, 6) is 0.768. The lowest BCUT2D eigenvalue weighted by molar-refractivity contribution is 0.102. The average Bonchev–Trinajstić information content (AvgIpc) is 3.00. The van der Waals surface area contributed by atoms with E-state index in [2.05, 4.69) is 15.0 Å². The summed E-state index contributed by atoms with van der Waals surface area (Å²) in [5.41, 5.74) is 3.22. The Morgan fingerprint density at radius 3 is 2.41 bits per heavy atom. The molecule has 0 saturated carbocycles. The second-order valence-corrected chi connectivity index (χ2v) is 9.28. The Morgan fingerprint density at radius 1 is 1.00 bits per heavy atom. The summed E-state index contributed by atoms with van der Waals surface area (Å²) in [6.45, 7) is 5.82. The molecule has 32 heavy (non-hydrogen) atoms. The van der Waals surface area contributed by atoms with Crippen molar-refractivity contribution in [2.45, 2.75) is 31.8 Å². The molecule has 0 radical (unpaired) electrons. The SMILES string of the molecule is Cc1cc(OC(C)C)ccc1NC(=O)c1ccc(NC2=NS(=O)(=O)c3ccccc32)cc1. The zero-order valence-corrected chi connectivity index (χ0v) is 18.7. The number of nitrogens with zero attached hydrogens (tertiary/aromatic N) is 1. The fourth-order valence-corrected chi connectivity index (χ4v) is 4.53. The first kappa shape index (κ1) is 21.6. The third-order valence-corrected chi connectivity index (χ3v) is 6.19.